The minimum absolute atomic E-state index is 0.477. The van der Waals surface area contributed by atoms with Crippen molar-refractivity contribution in [2.75, 3.05) is 52.6 Å². The van der Waals surface area contributed by atoms with Gasteiger partial charge in [-0.05, 0) is 57.4 Å². The first-order chi connectivity index (χ1) is 15.3. The third-order valence-corrected chi connectivity index (χ3v) is 6.46. The van der Waals surface area contributed by atoms with Crippen LogP contribution in [0.1, 0.15) is 57.6 Å². The molecule has 1 atom stereocenters. The molecule has 2 N–H and O–H groups in total. The van der Waals surface area contributed by atoms with Crippen molar-refractivity contribution in [1.82, 2.24) is 15.5 Å². The lowest BCUT2D eigenvalue weighted by Gasteiger charge is -2.37. The Labute approximate surface area is 188 Å². The normalized spacial score (nSPS) is 20.5. The van der Waals surface area contributed by atoms with Crippen LogP contribution in [-0.4, -0.2) is 69.5 Å². The van der Waals surface area contributed by atoms with E-state index in [1.165, 1.54) is 5.56 Å². The zero-order valence-electron chi connectivity index (χ0n) is 19.5. The Morgan fingerprint density at radius 3 is 2.61 bits per heavy atom. The van der Waals surface area contributed by atoms with Gasteiger partial charge in [0.25, 0.3) is 0 Å². The first-order valence-corrected chi connectivity index (χ1v) is 12.3. The Kier molecular flexibility index (Phi) is 10.6. The summed E-state index contributed by atoms with van der Waals surface area (Å²) in [5, 5.41) is 7.06. The molecule has 2 aliphatic rings. The largest absolute Gasteiger partial charge is 0.381 e. The van der Waals surface area contributed by atoms with Crippen molar-refractivity contribution in [3.63, 3.8) is 0 Å². The molecular formula is C25H42N4O2. The number of hydrogen-bond acceptors (Lipinski definition) is 4. The molecule has 0 saturated carbocycles. The zero-order chi connectivity index (χ0) is 21.7. The number of hydrogen-bond donors (Lipinski definition) is 2. The molecule has 2 saturated heterocycles. The SMILES string of the molecule is CCNC(=NCCCOCC1CCOCC1)NC1CCN(C(C)c2ccccc2)CC1. The van der Waals surface area contributed by atoms with E-state index in [0.29, 0.717) is 18.0 Å². The molecule has 0 spiro atoms. The van der Waals surface area contributed by atoms with E-state index in [1.807, 2.05) is 0 Å². The highest BCUT2D eigenvalue weighted by atomic mass is 16.5. The fourth-order valence-electron chi connectivity index (χ4n) is 4.41. The molecule has 0 aliphatic carbocycles. The molecule has 0 aromatic heterocycles. The third kappa shape index (κ3) is 8.43. The molecule has 174 valence electrons. The minimum atomic E-state index is 0.477. The standard InChI is InChI=1S/C25H42N4O2/c1-3-26-25(27-14-7-17-31-20-22-12-18-30-19-13-22)28-24-10-15-29(16-11-24)21(2)23-8-5-4-6-9-23/h4-6,8-9,21-22,24H,3,7,10-20H2,1-2H3,(H2,26,27,28). The van der Waals surface area contributed by atoms with Crippen LogP contribution in [0.4, 0.5) is 0 Å². The summed E-state index contributed by atoms with van der Waals surface area (Å²) in [6.07, 6.45) is 5.53. The number of guanidine groups is 1. The van der Waals surface area contributed by atoms with Gasteiger partial charge in [0.05, 0.1) is 0 Å². The number of nitrogens with zero attached hydrogens (tertiary/aromatic N) is 2. The summed E-state index contributed by atoms with van der Waals surface area (Å²) in [5.41, 5.74) is 1.41. The maximum absolute atomic E-state index is 5.86. The first kappa shape index (κ1) is 24.0. The van der Waals surface area contributed by atoms with Crippen molar-refractivity contribution in [2.45, 2.75) is 58.0 Å². The number of aliphatic imine (C=N–C) groups is 1. The number of nitrogens with one attached hydrogen (secondary N) is 2. The highest BCUT2D eigenvalue weighted by Crippen LogP contribution is 2.24. The second kappa shape index (κ2) is 13.7. The monoisotopic (exact) mass is 430 g/mol. The maximum atomic E-state index is 5.86. The molecule has 1 unspecified atom stereocenters. The molecule has 0 bridgehead atoms. The molecule has 31 heavy (non-hydrogen) atoms. The number of piperidine rings is 1. The summed E-state index contributed by atoms with van der Waals surface area (Å²) in [6, 6.07) is 11.8. The van der Waals surface area contributed by atoms with E-state index in [9.17, 15) is 0 Å². The van der Waals surface area contributed by atoms with Crippen LogP contribution in [0.25, 0.3) is 0 Å². The molecule has 1 aromatic rings. The predicted molar refractivity (Wildman–Crippen MR) is 128 cm³/mol. The van der Waals surface area contributed by atoms with Gasteiger partial charge in [-0.15, -0.1) is 0 Å². The molecule has 0 amide bonds. The maximum Gasteiger partial charge on any atom is 0.191 e. The minimum Gasteiger partial charge on any atom is -0.381 e. The number of rotatable bonds is 10. The summed E-state index contributed by atoms with van der Waals surface area (Å²) in [4.78, 5) is 7.37. The smallest absolute Gasteiger partial charge is 0.191 e. The van der Waals surface area contributed by atoms with Crippen LogP contribution in [-0.2, 0) is 9.47 Å². The highest BCUT2D eigenvalue weighted by molar-refractivity contribution is 5.80. The van der Waals surface area contributed by atoms with E-state index in [-0.39, 0.29) is 0 Å². The molecule has 0 radical (unpaired) electrons. The molecule has 2 aliphatic heterocycles. The van der Waals surface area contributed by atoms with E-state index in [4.69, 9.17) is 14.5 Å². The van der Waals surface area contributed by atoms with Crippen molar-refractivity contribution in [3.8, 4) is 0 Å². The Bertz CT molecular complexity index is 626. The number of likely N-dealkylation sites (tertiary alicyclic amines) is 1. The van der Waals surface area contributed by atoms with Crippen molar-refractivity contribution in [2.24, 2.45) is 10.9 Å². The molecule has 1 aromatic carbocycles. The highest BCUT2D eigenvalue weighted by Gasteiger charge is 2.24. The zero-order valence-corrected chi connectivity index (χ0v) is 19.5. The summed E-state index contributed by atoms with van der Waals surface area (Å²) in [6.45, 7) is 11.8. The van der Waals surface area contributed by atoms with Crippen LogP contribution in [0.2, 0.25) is 0 Å². The summed E-state index contributed by atoms with van der Waals surface area (Å²) in [7, 11) is 0. The van der Waals surface area contributed by atoms with Crippen LogP contribution >= 0.6 is 0 Å². The van der Waals surface area contributed by atoms with Gasteiger partial charge in [-0.25, -0.2) is 0 Å². The lowest BCUT2D eigenvalue weighted by atomic mass is 10.0. The van der Waals surface area contributed by atoms with Gasteiger partial charge in [0.1, 0.15) is 0 Å². The quantitative estimate of drug-likeness (QED) is 0.337. The molecule has 6 nitrogen and oxygen atoms in total. The van der Waals surface area contributed by atoms with Crippen molar-refractivity contribution >= 4 is 5.96 Å². The average molecular weight is 431 g/mol. The Hall–Kier alpha value is -1.63. The van der Waals surface area contributed by atoms with Gasteiger partial charge >= 0.3 is 0 Å². The van der Waals surface area contributed by atoms with E-state index in [0.717, 1.165) is 90.7 Å². The first-order valence-electron chi connectivity index (χ1n) is 12.3. The van der Waals surface area contributed by atoms with Gasteiger partial charge in [-0.2, -0.15) is 0 Å². The molecular weight excluding hydrogens is 388 g/mol. The average Bonchev–Trinajstić information content (AvgIpc) is 2.82. The summed E-state index contributed by atoms with van der Waals surface area (Å²) >= 11 is 0. The van der Waals surface area contributed by atoms with E-state index >= 15 is 0 Å². The second-order valence-electron chi connectivity index (χ2n) is 8.79. The van der Waals surface area contributed by atoms with Gasteiger partial charge in [-0.1, -0.05) is 30.3 Å². The van der Waals surface area contributed by atoms with Crippen molar-refractivity contribution < 1.29 is 9.47 Å². The summed E-state index contributed by atoms with van der Waals surface area (Å²) in [5.74, 6) is 1.62. The van der Waals surface area contributed by atoms with Crippen molar-refractivity contribution in [3.05, 3.63) is 35.9 Å². The van der Waals surface area contributed by atoms with Crippen molar-refractivity contribution in [1.29, 1.82) is 0 Å². The van der Waals surface area contributed by atoms with E-state index < -0.39 is 0 Å². The van der Waals surface area contributed by atoms with Crippen LogP contribution in [0.15, 0.2) is 35.3 Å². The molecule has 6 heteroatoms. The van der Waals surface area contributed by atoms with Crippen LogP contribution < -0.4 is 10.6 Å². The lowest BCUT2D eigenvalue weighted by molar-refractivity contribution is 0.0205. The van der Waals surface area contributed by atoms with Gasteiger partial charge in [0, 0.05) is 64.7 Å². The van der Waals surface area contributed by atoms with E-state index in [2.05, 4.69) is 59.7 Å². The molecule has 2 fully saturated rings. The van der Waals surface area contributed by atoms with Gasteiger partial charge < -0.3 is 20.1 Å². The third-order valence-electron chi connectivity index (χ3n) is 6.46. The van der Waals surface area contributed by atoms with Gasteiger partial charge in [0.15, 0.2) is 5.96 Å². The Balaban J connectivity index is 1.33. The number of ether oxygens (including phenoxy) is 2. The Morgan fingerprint density at radius 2 is 1.90 bits per heavy atom. The molecule has 2 heterocycles. The van der Waals surface area contributed by atoms with Gasteiger partial charge in [0.2, 0.25) is 0 Å². The fourth-order valence-corrected chi connectivity index (χ4v) is 4.41. The van der Waals surface area contributed by atoms with Crippen LogP contribution in [0.5, 0.6) is 0 Å². The van der Waals surface area contributed by atoms with E-state index in [1.54, 1.807) is 0 Å². The lowest BCUT2D eigenvalue weighted by Crippen LogP contribution is -2.49. The fraction of sp³-hybridized carbons (Fsp3) is 0.720. The predicted octanol–water partition coefficient (Wildman–Crippen LogP) is 3.60. The van der Waals surface area contributed by atoms with Gasteiger partial charge in [-0.3, -0.25) is 9.89 Å². The number of benzene rings is 1. The summed E-state index contributed by atoms with van der Waals surface area (Å²) < 4.78 is 11.3. The second-order valence-corrected chi connectivity index (χ2v) is 8.79. The van der Waals surface area contributed by atoms with Crippen LogP contribution in [0, 0.1) is 5.92 Å². The Morgan fingerprint density at radius 1 is 1.16 bits per heavy atom. The van der Waals surface area contributed by atoms with Crippen LogP contribution in [0.3, 0.4) is 0 Å². The topological polar surface area (TPSA) is 58.1 Å². The molecule has 3 rings (SSSR count).